The molecular formula is C9H14N2O2. The maximum absolute atomic E-state index is 11.1. The van der Waals surface area contributed by atoms with Crippen molar-refractivity contribution in [2.45, 2.75) is 20.8 Å². The Hall–Kier alpha value is -1.41. The largest absolute Gasteiger partial charge is 0.460 e. The van der Waals surface area contributed by atoms with Gasteiger partial charge in [0.25, 0.3) is 0 Å². The van der Waals surface area contributed by atoms with Gasteiger partial charge in [-0.3, -0.25) is 0 Å². The summed E-state index contributed by atoms with van der Waals surface area (Å²) in [6, 6.07) is 0. The average molecular weight is 182 g/mol. The number of hydrogen-bond donors (Lipinski definition) is 0. The summed E-state index contributed by atoms with van der Waals surface area (Å²) in [5, 5.41) is 0. The zero-order valence-electron chi connectivity index (χ0n) is 8.42. The fraction of sp³-hybridized carbons (Fsp3) is 0.556. The molecule has 4 heteroatoms. The monoisotopic (exact) mass is 182 g/mol. The van der Waals surface area contributed by atoms with E-state index in [2.05, 4.69) is 16.1 Å². The molecule has 0 radical (unpaired) electrons. The smallest absolute Gasteiger partial charge is 0.417 e. The summed E-state index contributed by atoms with van der Waals surface area (Å²) in [5.41, 5.74) is 8.67. The highest BCUT2D eigenvalue weighted by Crippen LogP contribution is 2.25. The molecule has 72 valence electrons. The topological polar surface area (TPSA) is 62.7 Å². The minimum absolute atomic E-state index is 0.0394. The van der Waals surface area contributed by atoms with E-state index < -0.39 is 11.4 Å². The number of allylic oxidation sites excluding steroid dienone is 1. The van der Waals surface area contributed by atoms with Crippen LogP contribution in [0.15, 0.2) is 12.2 Å². The molecule has 13 heavy (non-hydrogen) atoms. The van der Waals surface area contributed by atoms with Crippen LogP contribution in [0, 0.1) is 5.41 Å². The summed E-state index contributed by atoms with van der Waals surface area (Å²) in [4.78, 5) is 14.1. The van der Waals surface area contributed by atoms with Crippen molar-refractivity contribution in [2.24, 2.45) is 5.41 Å². The average Bonchev–Trinajstić information content (AvgIpc) is 2.04. The van der Waals surface area contributed by atoms with E-state index in [-0.39, 0.29) is 5.71 Å². The summed E-state index contributed by atoms with van der Waals surface area (Å²) in [7, 11) is 1.24. The summed E-state index contributed by atoms with van der Waals surface area (Å²) in [6.45, 7) is 8.95. The summed E-state index contributed by atoms with van der Waals surface area (Å²) >= 11 is 0. The second-order valence-corrected chi connectivity index (χ2v) is 3.35. The fourth-order valence-corrected chi connectivity index (χ4v) is 0.720. The van der Waals surface area contributed by atoms with E-state index in [0.29, 0.717) is 0 Å². The van der Waals surface area contributed by atoms with E-state index in [1.54, 1.807) is 20.8 Å². The Kier molecular flexibility index (Phi) is 3.57. The van der Waals surface area contributed by atoms with Gasteiger partial charge >= 0.3 is 11.7 Å². The van der Waals surface area contributed by atoms with Crippen LogP contribution in [-0.2, 0) is 9.53 Å². The molecule has 0 heterocycles. The van der Waals surface area contributed by atoms with Crippen molar-refractivity contribution < 1.29 is 14.3 Å². The molecule has 0 N–H and O–H groups in total. The maximum Gasteiger partial charge on any atom is 0.417 e. The van der Waals surface area contributed by atoms with Crippen molar-refractivity contribution in [3.8, 4) is 0 Å². The molecule has 0 aromatic carbocycles. The van der Waals surface area contributed by atoms with Crippen LogP contribution < -0.4 is 0 Å². The number of ether oxygens (including phenoxy) is 1. The van der Waals surface area contributed by atoms with Gasteiger partial charge in [-0.25, -0.2) is 4.79 Å². The lowest BCUT2D eigenvalue weighted by Crippen LogP contribution is -2.34. The molecule has 0 bridgehead atoms. The Labute approximate surface area is 77.8 Å². The van der Waals surface area contributed by atoms with Gasteiger partial charge in [-0.05, 0) is 20.8 Å². The molecule has 0 aliphatic carbocycles. The lowest BCUT2D eigenvalue weighted by Gasteiger charge is -2.17. The summed E-state index contributed by atoms with van der Waals surface area (Å²) < 4.78 is 4.47. The molecule has 0 atom stereocenters. The maximum atomic E-state index is 11.1. The Bertz CT molecular complexity index is 286. The lowest BCUT2D eigenvalue weighted by atomic mass is 9.81. The van der Waals surface area contributed by atoms with E-state index in [1.165, 1.54) is 7.11 Å². The van der Waals surface area contributed by atoms with Crippen molar-refractivity contribution in [1.29, 1.82) is 0 Å². The van der Waals surface area contributed by atoms with Gasteiger partial charge in [0.05, 0.1) is 12.5 Å². The molecule has 0 spiro atoms. The van der Waals surface area contributed by atoms with E-state index in [0.717, 1.165) is 5.57 Å². The zero-order valence-corrected chi connectivity index (χ0v) is 8.42. The molecule has 0 fully saturated rings. The van der Waals surface area contributed by atoms with Gasteiger partial charge in [0.15, 0.2) is 0 Å². The Morgan fingerprint density at radius 1 is 1.54 bits per heavy atom. The number of methoxy groups -OCH3 is 1. The molecule has 0 saturated heterocycles. The number of esters is 1. The molecule has 0 aromatic heterocycles. The van der Waals surface area contributed by atoms with Crippen LogP contribution >= 0.6 is 0 Å². The third-order valence-corrected chi connectivity index (χ3v) is 2.14. The minimum Gasteiger partial charge on any atom is -0.460 e. The van der Waals surface area contributed by atoms with Gasteiger partial charge in [0.2, 0.25) is 0 Å². The SMILES string of the molecule is C=C(C)C(C)(C)C(=[N+]=[N-])C(=O)OC. The van der Waals surface area contributed by atoms with Gasteiger partial charge in [0.1, 0.15) is 0 Å². The van der Waals surface area contributed by atoms with Crippen LogP contribution in [0.2, 0.25) is 0 Å². The highest BCUT2D eigenvalue weighted by molar-refractivity contribution is 6.36. The number of carbonyl (C=O) groups is 1. The number of hydrogen-bond acceptors (Lipinski definition) is 2. The second-order valence-electron chi connectivity index (χ2n) is 3.35. The Morgan fingerprint density at radius 2 is 2.00 bits per heavy atom. The van der Waals surface area contributed by atoms with Crippen LogP contribution in [0.1, 0.15) is 20.8 Å². The van der Waals surface area contributed by atoms with Crippen molar-refractivity contribution in [3.63, 3.8) is 0 Å². The standard InChI is InChI=1S/C9H14N2O2/c1-6(2)9(3,4)7(11-10)8(12)13-5/h1H2,2-5H3. The van der Waals surface area contributed by atoms with Gasteiger partial charge < -0.3 is 10.3 Å². The predicted molar refractivity (Wildman–Crippen MR) is 49.2 cm³/mol. The van der Waals surface area contributed by atoms with E-state index in [9.17, 15) is 4.79 Å². The Balaban J connectivity index is 5.13. The van der Waals surface area contributed by atoms with Gasteiger partial charge in [-0.2, -0.15) is 4.79 Å². The van der Waals surface area contributed by atoms with Crippen molar-refractivity contribution in [1.82, 2.24) is 0 Å². The first-order valence-corrected chi connectivity index (χ1v) is 3.84. The lowest BCUT2D eigenvalue weighted by molar-refractivity contribution is -0.138. The number of rotatable bonds is 3. The summed E-state index contributed by atoms with van der Waals surface area (Å²) in [6.07, 6.45) is 0. The molecule has 0 rings (SSSR count). The molecule has 0 saturated carbocycles. The first-order chi connectivity index (χ1) is 5.87. The zero-order chi connectivity index (χ0) is 10.6. The van der Waals surface area contributed by atoms with Gasteiger partial charge in [-0.1, -0.05) is 12.2 Å². The molecule has 0 aliphatic rings. The highest BCUT2D eigenvalue weighted by atomic mass is 16.5. The fourth-order valence-electron chi connectivity index (χ4n) is 0.720. The van der Waals surface area contributed by atoms with Crippen LogP contribution in [-0.4, -0.2) is 23.6 Å². The van der Waals surface area contributed by atoms with Crippen molar-refractivity contribution >= 4 is 11.7 Å². The molecular weight excluding hydrogens is 168 g/mol. The third kappa shape index (κ3) is 2.26. The molecule has 0 aliphatic heterocycles. The molecule has 0 unspecified atom stereocenters. The third-order valence-electron chi connectivity index (χ3n) is 2.14. The van der Waals surface area contributed by atoms with E-state index in [4.69, 9.17) is 5.53 Å². The highest BCUT2D eigenvalue weighted by Gasteiger charge is 2.40. The quantitative estimate of drug-likeness (QED) is 0.218. The van der Waals surface area contributed by atoms with Gasteiger partial charge in [-0.15, -0.1) is 0 Å². The first kappa shape index (κ1) is 11.6. The predicted octanol–water partition coefficient (Wildman–Crippen LogP) is 1.43. The van der Waals surface area contributed by atoms with E-state index >= 15 is 0 Å². The minimum atomic E-state index is -0.679. The summed E-state index contributed by atoms with van der Waals surface area (Å²) in [5.74, 6) is -0.643. The van der Waals surface area contributed by atoms with Crippen LogP contribution in [0.25, 0.3) is 5.53 Å². The first-order valence-electron chi connectivity index (χ1n) is 3.84. The van der Waals surface area contributed by atoms with Crippen molar-refractivity contribution in [3.05, 3.63) is 17.7 Å². The van der Waals surface area contributed by atoms with Crippen LogP contribution in [0.4, 0.5) is 0 Å². The second kappa shape index (κ2) is 4.01. The van der Waals surface area contributed by atoms with Crippen LogP contribution in [0.3, 0.4) is 0 Å². The molecule has 0 amide bonds. The molecule has 0 aromatic rings. The van der Waals surface area contributed by atoms with E-state index in [1.807, 2.05) is 0 Å². The number of nitrogens with zero attached hydrogens (tertiary/aromatic N) is 2. The van der Waals surface area contributed by atoms with Crippen molar-refractivity contribution in [2.75, 3.05) is 7.11 Å². The Morgan fingerprint density at radius 3 is 2.23 bits per heavy atom. The molecule has 4 nitrogen and oxygen atoms in total. The van der Waals surface area contributed by atoms with Crippen LogP contribution in [0.5, 0.6) is 0 Å². The normalized spacial score (nSPS) is 10.2. The number of carbonyl (C=O) groups excluding carboxylic acids is 1. The van der Waals surface area contributed by atoms with Gasteiger partial charge in [0, 0.05) is 0 Å².